The van der Waals surface area contributed by atoms with E-state index in [4.69, 9.17) is 10.1 Å². The Bertz CT molecular complexity index is 1210. The van der Waals surface area contributed by atoms with E-state index in [9.17, 15) is 14.0 Å². The molecule has 2 aliphatic heterocycles. The third-order valence-electron chi connectivity index (χ3n) is 5.60. The van der Waals surface area contributed by atoms with Crippen LogP contribution in [0, 0.1) is 23.1 Å². The number of para-hydroxylation sites is 1. The van der Waals surface area contributed by atoms with Crippen molar-refractivity contribution in [3.8, 4) is 6.07 Å². The number of carbonyl (C=O) groups excluding carboxylic acids is 2. The van der Waals surface area contributed by atoms with Gasteiger partial charge in [0.05, 0.1) is 29.0 Å². The predicted octanol–water partition coefficient (Wildman–Crippen LogP) is 3.75. The number of nitriles is 1. The second-order valence-electron chi connectivity index (χ2n) is 7.35. The maximum Gasteiger partial charge on any atom is 0.266 e. The number of halogens is 1. The van der Waals surface area contributed by atoms with Crippen LogP contribution in [-0.4, -0.2) is 17.9 Å². The monoisotopic (exact) mass is 413 g/mol. The number of nitrogens with zero attached hydrogens (tertiary/aromatic N) is 3. The van der Waals surface area contributed by atoms with Gasteiger partial charge >= 0.3 is 0 Å². The number of benzene rings is 3. The van der Waals surface area contributed by atoms with Crippen molar-refractivity contribution in [2.75, 3.05) is 9.96 Å². The van der Waals surface area contributed by atoms with E-state index < -0.39 is 35.7 Å². The zero-order chi connectivity index (χ0) is 21.5. The van der Waals surface area contributed by atoms with E-state index in [1.165, 1.54) is 23.3 Å². The van der Waals surface area contributed by atoms with Gasteiger partial charge in [0.15, 0.2) is 6.10 Å². The van der Waals surface area contributed by atoms with Crippen molar-refractivity contribution < 1.29 is 18.8 Å². The van der Waals surface area contributed by atoms with Crippen LogP contribution in [0.1, 0.15) is 17.2 Å². The molecule has 0 unspecified atom stereocenters. The van der Waals surface area contributed by atoms with Gasteiger partial charge in [-0.2, -0.15) is 5.26 Å². The minimum atomic E-state index is -1.08. The van der Waals surface area contributed by atoms with Crippen LogP contribution >= 0.6 is 0 Å². The number of carbonyl (C=O) groups is 2. The van der Waals surface area contributed by atoms with Crippen molar-refractivity contribution >= 4 is 23.2 Å². The number of imide groups is 1. The third-order valence-corrected chi connectivity index (χ3v) is 5.60. The van der Waals surface area contributed by atoms with Gasteiger partial charge in [0, 0.05) is 5.56 Å². The van der Waals surface area contributed by atoms with Crippen LogP contribution in [-0.2, 0) is 14.4 Å². The Hall–Kier alpha value is -4.02. The van der Waals surface area contributed by atoms with E-state index in [2.05, 4.69) is 0 Å². The van der Waals surface area contributed by atoms with E-state index >= 15 is 0 Å². The highest BCUT2D eigenvalue weighted by molar-refractivity contribution is 6.23. The second-order valence-corrected chi connectivity index (χ2v) is 7.35. The molecule has 3 aromatic rings. The van der Waals surface area contributed by atoms with Crippen LogP contribution < -0.4 is 9.96 Å². The van der Waals surface area contributed by atoms with Crippen molar-refractivity contribution in [1.82, 2.24) is 0 Å². The van der Waals surface area contributed by atoms with Gasteiger partial charge in [0.1, 0.15) is 11.7 Å². The fourth-order valence-corrected chi connectivity index (χ4v) is 4.18. The lowest BCUT2D eigenvalue weighted by Gasteiger charge is -2.29. The lowest BCUT2D eigenvalue weighted by molar-refractivity contribution is -0.126. The molecule has 2 aliphatic rings. The highest BCUT2D eigenvalue weighted by Gasteiger charge is 2.60. The number of fused-ring (bicyclic) bond motifs is 1. The number of hydrogen-bond donors (Lipinski definition) is 0. The van der Waals surface area contributed by atoms with Crippen molar-refractivity contribution in [1.29, 1.82) is 5.26 Å². The average Bonchev–Trinajstić information content (AvgIpc) is 3.31. The molecule has 2 amide bonds. The van der Waals surface area contributed by atoms with Gasteiger partial charge in [-0.05, 0) is 42.5 Å². The van der Waals surface area contributed by atoms with Crippen LogP contribution in [0.4, 0.5) is 15.8 Å². The highest BCUT2D eigenvalue weighted by Crippen LogP contribution is 2.48. The molecule has 5 rings (SSSR count). The summed E-state index contributed by atoms with van der Waals surface area (Å²) < 4.78 is 14.8. The van der Waals surface area contributed by atoms with E-state index in [1.54, 1.807) is 54.6 Å². The van der Waals surface area contributed by atoms with Crippen LogP contribution in [0.25, 0.3) is 0 Å². The van der Waals surface area contributed by atoms with Gasteiger partial charge in [-0.25, -0.2) is 14.4 Å². The number of hydroxylamine groups is 1. The molecule has 2 fully saturated rings. The summed E-state index contributed by atoms with van der Waals surface area (Å²) in [5, 5.41) is 10.5. The molecule has 3 atom stereocenters. The molecule has 3 aromatic carbocycles. The fourth-order valence-electron chi connectivity index (χ4n) is 4.18. The SMILES string of the molecule is N#Cc1ccc(N2C(=O)[C@H]3[C@@H](c4ccccc4F)N(c4ccccc4)O[C@H]3C2=O)cc1. The van der Waals surface area contributed by atoms with Crippen LogP contribution in [0.5, 0.6) is 0 Å². The summed E-state index contributed by atoms with van der Waals surface area (Å²) in [6.07, 6.45) is -1.08. The van der Waals surface area contributed by atoms with Crippen molar-refractivity contribution in [2.45, 2.75) is 12.1 Å². The van der Waals surface area contributed by atoms with Gasteiger partial charge in [-0.3, -0.25) is 14.4 Å². The summed E-state index contributed by atoms with van der Waals surface area (Å²) >= 11 is 0. The first kappa shape index (κ1) is 19.0. The molecule has 6 nitrogen and oxygen atoms in total. The molecule has 7 heteroatoms. The smallest absolute Gasteiger partial charge is 0.266 e. The van der Waals surface area contributed by atoms with Gasteiger partial charge in [-0.1, -0.05) is 36.4 Å². The summed E-state index contributed by atoms with van der Waals surface area (Å²) in [5.74, 6) is -2.37. The minimum Gasteiger partial charge on any atom is -0.273 e. The second kappa shape index (κ2) is 7.35. The molecule has 0 aliphatic carbocycles. The molecule has 2 saturated heterocycles. The molecule has 152 valence electrons. The molecule has 0 radical (unpaired) electrons. The lowest BCUT2D eigenvalue weighted by Crippen LogP contribution is -2.37. The summed E-state index contributed by atoms with van der Waals surface area (Å²) in [6, 6.07) is 22.5. The van der Waals surface area contributed by atoms with Crippen LogP contribution in [0.15, 0.2) is 78.9 Å². The Kier molecular flexibility index (Phi) is 4.50. The number of amides is 2. The number of anilines is 2. The fraction of sp³-hybridized carbons (Fsp3) is 0.125. The molecule has 31 heavy (non-hydrogen) atoms. The standard InChI is InChI=1S/C24H16FN3O3/c25-19-9-5-4-8-18(19)21-20-22(31-28(21)17-6-2-1-3-7-17)24(30)27(23(20)29)16-12-10-15(14-26)11-13-16/h1-13,20-22H/t20-,21+,22+/m0/s1. The Morgan fingerprint density at radius 2 is 1.52 bits per heavy atom. The number of rotatable bonds is 3. The topological polar surface area (TPSA) is 73.6 Å². The third kappa shape index (κ3) is 2.97. The molecule has 0 aromatic heterocycles. The highest BCUT2D eigenvalue weighted by atomic mass is 19.1. The normalized spacial score (nSPS) is 22.5. The first-order valence-electron chi connectivity index (χ1n) is 9.73. The van der Waals surface area contributed by atoms with Gasteiger partial charge in [0.2, 0.25) is 5.91 Å². The quantitative estimate of drug-likeness (QED) is 0.612. The molecule has 2 heterocycles. The lowest BCUT2D eigenvalue weighted by atomic mass is 9.90. The summed E-state index contributed by atoms with van der Waals surface area (Å²) in [7, 11) is 0. The maximum absolute atomic E-state index is 14.8. The van der Waals surface area contributed by atoms with E-state index in [0.29, 0.717) is 16.9 Å². The zero-order valence-electron chi connectivity index (χ0n) is 16.2. The minimum absolute atomic E-state index is 0.279. The van der Waals surface area contributed by atoms with Crippen LogP contribution in [0.3, 0.4) is 0 Å². The molecule has 0 N–H and O–H groups in total. The van der Waals surface area contributed by atoms with Crippen molar-refractivity contribution in [3.05, 3.63) is 95.8 Å². The van der Waals surface area contributed by atoms with Crippen molar-refractivity contribution in [2.24, 2.45) is 5.92 Å². The van der Waals surface area contributed by atoms with E-state index in [1.807, 2.05) is 12.1 Å². The first-order valence-corrected chi connectivity index (χ1v) is 9.73. The summed E-state index contributed by atoms with van der Waals surface area (Å²) in [6.45, 7) is 0. The van der Waals surface area contributed by atoms with E-state index in [0.717, 1.165) is 4.90 Å². The van der Waals surface area contributed by atoms with Gasteiger partial charge in [-0.15, -0.1) is 0 Å². The predicted molar refractivity (Wildman–Crippen MR) is 110 cm³/mol. The number of hydrogen-bond acceptors (Lipinski definition) is 5. The first-order chi connectivity index (χ1) is 15.1. The Balaban J connectivity index is 1.59. The molecular formula is C24H16FN3O3. The Labute approximate surface area is 177 Å². The van der Waals surface area contributed by atoms with Gasteiger partial charge < -0.3 is 0 Å². The Morgan fingerprint density at radius 3 is 2.19 bits per heavy atom. The summed E-state index contributed by atoms with van der Waals surface area (Å²) in [4.78, 5) is 33.7. The van der Waals surface area contributed by atoms with Crippen molar-refractivity contribution in [3.63, 3.8) is 0 Å². The Morgan fingerprint density at radius 1 is 0.839 bits per heavy atom. The maximum atomic E-state index is 14.8. The molecular weight excluding hydrogens is 397 g/mol. The molecule has 0 spiro atoms. The van der Waals surface area contributed by atoms with E-state index in [-0.39, 0.29) is 5.56 Å². The van der Waals surface area contributed by atoms with Gasteiger partial charge in [0.25, 0.3) is 5.91 Å². The molecule has 0 bridgehead atoms. The zero-order valence-corrected chi connectivity index (χ0v) is 16.2. The summed E-state index contributed by atoms with van der Waals surface area (Å²) in [5.41, 5.74) is 1.67. The average molecular weight is 413 g/mol. The largest absolute Gasteiger partial charge is 0.273 e. The molecule has 0 saturated carbocycles. The van der Waals surface area contributed by atoms with Crippen LogP contribution in [0.2, 0.25) is 0 Å².